The standard InChI is InChI=1S/C6H11N/c1-2-3-6-4-5-7-6/h2,6-7H,1,3-5H2/t6-/m0/s1. The molecular formula is C6H11N. The fourth-order valence-electron chi connectivity index (χ4n) is 0.751. The lowest BCUT2D eigenvalue weighted by molar-refractivity contribution is 0.374. The fourth-order valence-corrected chi connectivity index (χ4v) is 0.751. The van der Waals surface area contributed by atoms with E-state index in [0.29, 0.717) is 0 Å². The molecule has 1 fully saturated rings. The molecule has 0 aromatic heterocycles. The van der Waals surface area contributed by atoms with Crippen LogP contribution >= 0.6 is 0 Å². The van der Waals surface area contributed by atoms with Crippen molar-refractivity contribution >= 4 is 0 Å². The molecule has 1 atom stereocenters. The maximum absolute atomic E-state index is 3.64. The van der Waals surface area contributed by atoms with Crippen molar-refractivity contribution in [1.82, 2.24) is 5.32 Å². The largest absolute Gasteiger partial charge is 0.314 e. The topological polar surface area (TPSA) is 12.0 Å². The van der Waals surface area contributed by atoms with Gasteiger partial charge < -0.3 is 5.32 Å². The summed E-state index contributed by atoms with van der Waals surface area (Å²) in [6.45, 7) is 4.85. The Morgan fingerprint density at radius 2 is 2.57 bits per heavy atom. The Balaban J connectivity index is 2.03. The molecule has 1 rings (SSSR count). The Bertz CT molecular complexity index is 64.6. The fraction of sp³-hybridized carbons (Fsp3) is 0.667. The van der Waals surface area contributed by atoms with Crippen molar-refractivity contribution in [1.29, 1.82) is 0 Å². The van der Waals surface area contributed by atoms with Crippen molar-refractivity contribution < 1.29 is 0 Å². The zero-order chi connectivity index (χ0) is 5.11. The summed E-state index contributed by atoms with van der Waals surface area (Å²) < 4.78 is 0. The Labute approximate surface area is 44.4 Å². The smallest absolute Gasteiger partial charge is 0.0114 e. The lowest BCUT2D eigenvalue weighted by atomic mass is 10.0. The van der Waals surface area contributed by atoms with Gasteiger partial charge in [0.1, 0.15) is 0 Å². The van der Waals surface area contributed by atoms with E-state index in [1.54, 1.807) is 0 Å². The minimum absolute atomic E-state index is 0.762. The van der Waals surface area contributed by atoms with Crippen LogP contribution in [0.5, 0.6) is 0 Å². The van der Waals surface area contributed by atoms with Crippen molar-refractivity contribution in [2.24, 2.45) is 0 Å². The Kier molecular flexibility index (Phi) is 1.47. The van der Waals surface area contributed by atoms with Crippen molar-refractivity contribution in [2.75, 3.05) is 6.54 Å². The normalized spacial score (nSPS) is 28.9. The summed E-state index contributed by atoms with van der Waals surface area (Å²) in [4.78, 5) is 0. The maximum atomic E-state index is 3.64. The van der Waals surface area contributed by atoms with E-state index in [2.05, 4.69) is 11.9 Å². The molecule has 0 bridgehead atoms. The van der Waals surface area contributed by atoms with Crippen LogP contribution in [0.15, 0.2) is 12.7 Å². The Morgan fingerprint density at radius 3 is 2.71 bits per heavy atom. The van der Waals surface area contributed by atoms with Gasteiger partial charge >= 0.3 is 0 Å². The van der Waals surface area contributed by atoms with Crippen LogP contribution in [-0.2, 0) is 0 Å². The molecule has 1 nitrogen and oxygen atoms in total. The molecule has 0 saturated carbocycles. The first-order chi connectivity index (χ1) is 3.43. The van der Waals surface area contributed by atoms with Gasteiger partial charge in [0.25, 0.3) is 0 Å². The van der Waals surface area contributed by atoms with Crippen LogP contribution in [0.3, 0.4) is 0 Å². The van der Waals surface area contributed by atoms with Crippen molar-refractivity contribution in [3.8, 4) is 0 Å². The first-order valence-corrected chi connectivity index (χ1v) is 2.78. The van der Waals surface area contributed by atoms with E-state index < -0.39 is 0 Å². The van der Waals surface area contributed by atoms with E-state index in [-0.39, 0.29) is 0 Å². The summed E-state index contributed by atoms with van der Waals surface area (Å²) in [7, 11) is 0. The average Bonchev–Trinajstić information content (AvgIpc) is 1.55. The molecule has 1 aliphatic rings. The lowest BCUT2D eigenvalue weighted by Gasteiger charge is -2.25. The van der Waals surface area contributed by atoms with Crippen LogP contribution in [0.1, 0.15) is 12.8 Å². The van der Waals surface area contributed by atoms with E-state index in [4.69, 9.17) is 0 Å². The van der Waals surface area contributed by atoms with Crippen LogP contribution < -0.4 is 5.32 Å². The van der Waals surface area contributed by atoms with Gasteiger partial charge in [0, 0.05) is 6.04 Å². The number of hydrogen-bond acceptors (Lipinski definition) is 1. The number of hydrogen-bond donors (Lipinski definition) is 1. The predicted octanol–water partition coefficient (Wildman–Crippen LogP) is 0.924. The second-order valence-corrected chi connectivity index (χ2v) is 1.96. The van der Waals surface area contributed by atoms with Gasteiger partial charge in [0.2, 0.25) is 0 Å². The first-order valence-electron chi connectivity index (χ1n) is 2.78. The third-order valence-corrected chi connectivity index (χ3v) is 1.38. The molecule has 1 saturated heterocycles. The summed E-state index contributed by atoms with van der Waals surface area (Å²) >= 11 is 0. The molecule has 40 valence electrons. The van der Waals surface area contributed by atoms with Crippen LogP contribution in [0.2, 0.25) is 0 Å². The molecule has 1 aliphatic heterocycles. The van der Waals surface area contributed by atoms with Crippen molar-refractivity contribution in [3.05, 3.63) is 12.7 Å². The first kappa shape index (κ1) is 4.85. The molecule has 0 amide bonds. The van der Waals surface area contributed by atoms with Gasteiger partial charge in [-0.2, -0.15) is 0 Å². The molecule has 1 heteroatoms. The maximum Gasteiger partial charge on any atom is 0.0114 e. The minimum Gasteiger partial charge on any atom is -0.314 e. The van der Waals surface area contributed by atoms with Crippen molar-refractivity contribution in [3.63, 3.8) is 0 Å². The third-order valence-electron chi connectivity index (χ3n) is 1.38. The van der Waals surface area contributed by atoms with Gasteiger partial charge in [-0.25, -0.2) is 0 Å². The highest BCUT2D eigenvalue weighted by Gasteiger charge is 2.12. The molecule has 1 N–H and O–H groups in total. The van der Waals surface area contributed by atoms with E-state index in [0.717, 1.165) is 12.5 Å². The minimum atomic E-state index is 0.762. The summed E-state index contributed by atoms with van der Waals surface area (Å²) in [5.41, 5.74) is 0. The zero-order valence-electron chi connectivity index (χ0n) is 4.48. The second kappa shape index (κ2) is 2.12. The predicted molar refractivity (Wildman–Crippen MR) is 31.2 cm³/mol. The van der Waals surface area contributed by atoms with E-state index in [9.17, 15) is 0 Å². The molecule has 0 aromatic rings. The summed E-state index contributed by atoms with van der Waals surface area (Å²) in [5, 5.41) is 3.28. The van der Waals surface area contributed by atoms with Crippen LogP contribution in [-0.4, -0.2) is 12.6 Å². The van der Waals surface area contributed by atoms with Gasteiger partial charge in [-0.05, 0) is 19.4 Å². The summed E-state index contributed by atoms with van der Waals surface area (Å²) in [6, 6.07) is 0.762. The number of rotatable bonds is 2. The zero-order valence-corrected chi connectivity index (χ0v) is 4.48. The molecule has 0 aromatic carbocycles. The molecule has 0 spiro atoms. The Morgan fingerprint density at radius 1 is 1.86 bits per heavy atom. The average molecular weight is 97.2 g/mol. The SMILES string of the molecule is C=CC[C@H]1CCN1. The highest BCUT2D eigenvalue weighted by molar-refractivity contribution is 4.84. The van der Waals surface area contributed by atoms with Gasteiger partial charge in [-0.1, -0.05) is 6.08 Å². The monoisotopic (exact) mass is 97.1 g/mol. The number of nitrogens with one attached hydrogen (secondary N) is 1. The quantitative estimate of drug-likeness (QED) is 0.505. The molecule has 0 radical (unpaired) electrons. The molecule has 1 heterocycles. The van der Waals surface area contributed by atoms with Gasteiger partial charge in [-0.15, -0.1) is 6.58 Å². The Hall–Kier alpha value is -0.300. The van der Waals surface area contributed by atoms with Gasteiger partial charge in [-0.3, -0.25) is 0 Å². The highest BCUT2D eigenvalue weighted by Crippen LogP contribution is 2.05. The van der Waals surface area contributed by atoms with E-state index in [1.807, 2.05) is 6.08 Å². The van der Waals surface area contributed by atoms with Crippen molar-refractivity contribution in [2.45, 2.75) is 18.9 Å². The lowest BCUT2D eigenvalue weighted by Crippen LogP contribution is -2.42. The van der Waals surface area contributed by atoms with Crippen LogP contribution in [0, 0.1) is 0 Å². The van der Waals surface area contributed by atoms with Gasteiger partial charge in [0.05, 0.1) is 0 Å². The molecular weight excluding hydrogens is 86.1 g/mol. The summed E-state index contributed by atoms with van der Waals surface area (Å²) in [5.74, 6) is 0. The molecule has 7 heavy (non-hydrogen) atoms. The highest BCUT2D eigenvalue weighted by atomic mass is 15.0. The summed E-state index contributed by atoms with van der Waals surface area (Å²) in [6.07, 6.45) is 4.45. The molecule has 0 unspecified atom stereocenters. The third kappa shape index (κ3) is 1.03. The second-order valence-electron chi connectivity index (χ2n) is 1.96. The van der Waals surface area contributed by atoms with E-state index >= 15 is 0 Å². The van der Waals surface area contributed by atoms with Crippen LogP contribution in [0.4, 0.5) is 0 Å². The van der Waals surface area contributed by atoms with Crippen LogP contribution in [0.25, 0.3) is 0 Å². The van der Waals surface area contributed by atoms with E-state index in [1.165, 1.54) is 13.0 Å². The molecule has 0 aliphatic carbocycles. The van der Waals surface area contributed by atoms with Gasteiger partial charge in [0.15, 0.2) is 0 Å².